The number of pyridine rings is 1. The maximum absolute atomic E-state index is 13.5. The summed E-state index contributed by atoms with van der Waals surface area (Å²) < 4.78 is 0. The monoisotopic (exact) mass is 421 g/mol. The van der Waals surface area contributed by atoms with E-state index in [2.05, 4.69) is 4.98 Å². The molecule has 154 valence electrons. The molecule has 1 aromatic heterocycles. The van der Waals surface area contributed by atoms with E-state index in [1.165, 1.54) is 0 Å². The second-order valence-electron chi connectivity index (χ2n) is 7.11. The van der Waals surface area contributed by atoms with Gasteiger partial charge in [-0.15, -0.1) is 12.4 Å². The van der Waals surface area contributed by atoms with Gasteiger partial charge in [0.1, 0.15) is 0 Å². The Morgan fingerprint density at radius 1 is 0.733 bits per heavy atom. The summed E-state index contributed by atoms with van der Waals surface area (Å²) in [5.74, 6) is -0.290. The van der Waals surface area contributed by atoms with Crippen molar-refractivity contribution in [3.8, 4) is 0 Å². The van der Waals surface area contributed by atoms with E-state index >= 15 is 0 Å². The van der Waals surface area contributed by atoms with Gasteiger partial charge in [-0.05, 0) is 23.3 Å². The van der Waals surface area contributed by atoms with Crippen LogP contribution in [0.15, 0.2) is 85.2 Å². The van der Waals surface area contributed by atoms with Gasteiger partial charge in [-0.3, -0.25) is 14.6 Å². The van der Waals surface area contributed by atoms with E-state index in [1.54, 1.807) is 29.4 Å². The summed E-state index contributed by atoms with van der Waals surface area (Å²) >= 11 is 0. The van der Waals surface area contributed by atoms with Gasteiger partial charge in [0.05, 0.1) is 11.5 Å². The van der Waals surface area contributed by atoms with Crippen molar-refractivity contribution < 1.29 is 9.59 Å². The zero-order valence-electron chi connectivity index (χ0n) is 16.6. The van der Waals surface area contributed by atoms with Crippen molar-refractivity contribution in [1.29, 1.82) is 0 Å². The van der Waals surface area contributed by atoms with E-state index in [0.29, 0.717) is 31.7 Å². The predicted octanol–water partition coefficient (Wildman–Crippen LogP) is 3.62. The minimum atomic E-state index is -0.335. The van der Waals surface area contributed by atoms with Crippen LogP contribution in [-0.4, -0.2) is 52.8 Å². The Morgan fingerprint density at radius 3 is 1.77 bits per heavy atom. The lowest BCUT2D eigenvalue weighted by molar-refractivity contribution is -0.133. The molecule has 0 unspecified atom stereocenters. The van der Waals surface area contributed by atoms with Gasteiger partial charge in [0.2, 0.25) is 5.91 Å². The van der Waals surface area contributed by atoms with Gasteiger partial charge in [0.25, 0.3) is 5.91 Å². The van der Waals surface area contributed by atoms with Crippen LogP contribution in [0.2, 0.25) is 0 Å². The van der Waals surface area contributed by atoms with E-state index in [4.69, 9.17) is 0 Å². The fourth-order valence-corrected chi connectivity index (χ4v) is 3.75. The van der Waals surface area contributed by atoms with Gasteiger partial charge in [-0.2, -0.15) is 0 Å². The van der Waals surface area contributed by atoms with E-state index < -0.39 is 0 Å². The fourth-order valence-electron chi connectivity index (χ4n) is 3.75. The highest BCUT2D eigenvalue weighted by atomic mass is 35.5. The van der Waals surface area contributed by atoms with Crippen LogP contribution < -0.4 is 0 Å². The molecule has 2 amide bonds. The van der Waals surface area contributed by atoms with Crippen molar-refractivity contribution in [2.75, 3.05) is 26.2 Å². The minimum Gasteiger partial charge on any atom is -0.338 e. The molecule has 0 saturated carbocycles. The Hall–Kier alpha value is -3.18. The van der Waals surface area contributed by atoms with Crippen LogP contribution in [0.4, 0.5) is 0 Å². The number of nitrogens with zero attached hydrogens (tertiary/aromatic N) is 3. The largest absolute Gasteiger partial charge is 0.338 e. The van der Waals surface area contributed by atoms with Crippen molar-refractivity contribution in [1.82, 2.24) is 14.8 Å². The molecule has 0 spiro atoms. The smallest absolute Gasteiger partial charge is 0.255 e. The third-order valence-corrected chi connectivity index (χ3v) is 5.30. The summed E-state index contributed by atoms with van der Waals surface area (Å²) in [5.41, 5.74) is 2.55. The molecule has 0 atom stereocenters. The van der Waals surface area contributed by atoms with E-state index in [1.807, 2.05) is 65.6 Å². The zero-order valence-corrected chi connectivity index (χ0v) is 17.4. The molecule has 1 fully saturated rings. The molecule has 1 aliphatic rings. The Bertz CT molecular complexity index is 920. The van der Waals surface area contributed by atoms with Gasteiger partial charge < -0.3 is 9.80 Å². The third-order valence-electron chi connectivity index (χ3n) is 5.30. The number of halogens is 1. The van der Waals surface area contributed by atoms with Gasteiger partial charge >= 0.3 is 0 Å². The molecule has 2 heterocycles. The van der Waals surface area contributed by atoms with Gasteiger partial charge in [0.15, 0.2) is 0 Å². The van der Waals surface area contributed by atoms with Gasteiger partial charge in [-0.1, -0.05) is 60.7 Å². The highest BCUT2D eigenvalue weighted by molar-refractivity contribution is 5.94. The molecule has 6 heteroatoms. The summed E-state index contributed by atoms with van der Waals surface area (Å²) in [7, 11) is 0. The summed E-state index contributed by atoms with van der Waals surface area (Å²) in [6.07, 6.45) is 3.24. The molecule has 0 bridgehead atoms. The molecule has 2 aromatic carbocycles. The number of carbonyl (C=O) groups excluding carboxylic acids is 2. The number of aromatic nitrogens is 1. The number of hydrogen-bond acceptors (Lipinski definition) is 3. The summed E-state index contributed by atoms with van der Waals surface area (Å²) in [5, 5.41) is 0. The zero-order chi connectivity index (χ0) is 20.1. The second kappa shape index (κ2) is 10.0. The average molecular weight is 422 g/mol. The molecule has 30 heavy (non-hydrogen) atoms. The van der Waals surface area contributed by atoms with Crippen molar-refractivity contribution in [2.45, 2.75) is 5.92 Å². The highest BCUT2D eigenvalue weighted by Gasteiger charge is 2.31. The molecule has 0 radical (unpaired) electrons. The lowest BCUT2D eigenvalue weighted by Gasteiger charge is -2.36. The average Bonchev–Trinajstić information content (AvgIpc) is 2.81. The number of carbonyl (C=O) groups is 2. The van der Waals surface area contributed by atoms with Crippen LogP contribution in [0.5, 0.6) is 0 Å². The first-order valence-electron chi connectivity index (χ1n) is 9.82. The molecule has 4 rings (SSSR count). The number of piperazine rings is 1. The topological polar surface area (TPSA) is 53.5 Å². The standard InChI is InChI=1S/C24H23N3O2.ClH/c28-23(21-12-7-13-25-18-21)26-14-16-27(17-15-26)24(29)22(19-8-3-1-4-9-19)20-10-5-2-6-11-20;/h1-13,18,22H,14-17H2;1H. The van der Waals surface area contributed by atoms with Crippen molar-refractivity contribution >= 4 is 24.2 Å². The van der Waals surface area contributed by atoms with E-state index in [0.717, 1.165) is 11.1 Å². The van der Waals surface area contributed by atoms with Crippen LogP contribution >= 0.6 is 12.4 Å². The Morgan fingerprint density at radius 2 is 1.27 bits per heavy atom. The normalized spacial score (nSPS) is 13.6. The number of rotatable bonds is 4. The van der Waals surface area contributed by atoms with Crippen LogP contribution in [-0.2, 0) is 4.79 Å². The summed E-state index contributed by atoms with van der Waals surface area (Å²) in [4.78, 5) is 33.8. The van der Waals surface area contributed by atoms with Crippen molar-refractivity contribution in [3.63, 3.8) is 0 Å². The summed E-state index contributed by atoms with van der Waals surface area (Å²) in [6.45, 7) is 2.10. The molecule has 5 nitrogen and oxygen atoms in total. The molecule has 0 aliphatic carbocycles. The quantitative estimate of drug-likeness (QED) is 0.646. The van der Waals surface area contributed by atoms with E-state index in [-0.39, 0.29) is 30.1 Å². The van der Waals surface area contributed by atoms with E-state index in [9.17, 15) is 9.59 Å². The van der Waals surface area contributed by atoms with Crippen LogP contribution in [0.25, 0.3) is 0 Å². The Balaban J connectivity index is 0.00000256. The van der Waals surface area contributed by atoms with Crippen molar-refractivity contribution in [2.24, 2.45) is 0 Å². The molecule has 3 aromatic rings. The van der Waals surface area contributed by atoms with Crippen LogP contribution in [0.3, 0.4) is 0 Å². The maximum Gasteiger partial charge on any atom is 0.255 e. The first-order valence-corrected chi connectivity index (χ1v) is 9.82. The maximum atomic E-state index is 13.5. The fraction of sp³-hybridized carbons (Fsp3) is 0.208. The van der Waals surface area contributed by atoms with Crippen molar-refractivity contribution in [3.05, 3.63) is 102 Å². The Kier molecular flexibility index (Phi) is 7.20. The van der Waals surface area contributed by atoms with Crippen LogP contribution in [0.1, 0.15) is 27.4 Å². The number of benzene rings is 2. The molecular weight excluding hydrogens is 398 g/mol. The SMILES string of the molecule is Cl.O=C(c1cccnc1)N1CCN(C(=O)C(c2ccccc2)c2ccccc2)CC1. The highest BCUT2D eigenvalue weighted by Crippen LogP contribution is 2.27. The van der Waals surface area contributed by atoms with Gasteiger partial charge in [-0.25, -0.2) is 0 Å². The Labute approximate surface area is 182 Å². The molecule has 0 N–H and O–H groups in total. The lowest BCUT2D eigenvalue weighted by Crippen LogP contribution is -2.51. The van der Waals surface area contributed by atoms with Crippen LogP contribution in [0, 0.1) is 0 Å². The number of hydrogen-bond donors (Lipinski definition) is 0. The molecular formula is C24H24ClN3O2. The summed E-state index contributed by atoms with van der Waals surface area (Å²) in [6, 6.07) is 23.3. The first-order chi connectivity index (χ1) is 14.2. The number of amides is 2. The molecule has 1 saturated heterocycles. The second-order valence-corrected chi connectivity index (χ2v) is 7.11. The lowest BCUT2D eigenvalue weighted by atomic mass is 9.90. The minimum absolute atomic E-state index is 0. The third kappa shape index (κ3) is 4.69. The molecule has 1 aliphatic heterocycles. The predicted molar refractivity (Wildman–Crippen MR) is 119 cm³/mol. The first kappa shape index (κ1) is 21.5. The van der Waals surface area contributed by atoms with Gasteiger partial charge in [0, 0.05) is 38.6 Å².